The summed E-state index contributed by atoms with van der Waals surface area (Å²) in [6.45, 7) is 1.85. The molecule has 0 heterocycles. The Balaban J connectivity index is 3.14. The fourth-order valence-electron chi connectivity index (χ4n) is 1.90. The van der Waals surface area contributed by atoms with Crippen LogP contribution in [0.2, 0.25) is 0 Å². The fraction of sp³-hybridized carbons (Fsp3) is 0.400. The topological polar surface area (TPSA) is 76.4 Å². The summed E-state index contributed by atoms with van der Waals surface area (Å²) < 4.78 is 9.57. The summed E-state index contributed by atoms with van der Waals surface area (Å²) in [5, 5.41) is 9.51. The maximum Gasteiger partial charge on any atom is 0.331 e. The Bertz CT molecular complexity index is 506. The molecule has 0 aliphatic rings. The van der Waals surface area contributed by atoms with Gasteiger partial charge in [0.25, 0.3) is 0 Å². The highest BCUT2D eigenvalue weighted by Crippen LogP contribution is 2.30. The summed E-state index contributed by atoms with van der Waals surface area (Å²) in [5.41, 5.74) is -0.962. The van der Waals surface area contributed by atoms with Crippen LogP contribution >= 0.6 is 0 Å². The lowest BCUT2D eigenvalue weighted by Gasteiger charge is -2.24. The fourth-order valence-corrected chi connectivity index (χ4v) is 1.90. The van der Waals surface area contributed by atoms with E-state index in [4.69, 9.17) is 4.74 Å². The standard InChI is InChI=1S/C15H17NO4/c1-3-20-14(18)15(11-16,10-9-13(17)19-2)12-7-5-4-6-8-12/h4-8H,3,9-10H2,1-2H3. The van der Waals surface area contributed by atoms with E-state index in [9.17, 15) is 14.9 Å². The number of carbonyl (C=O) groups excluding carboxylic acids is 2. The second-order valence-corrected chi connectivity index (χ2v) is 4.18. The molecule has 1 unspecified atom stereocenters. The number of carbonyl (C=O) groups is 2. The average Bonchev–Trinajstić information content (AvgIpc) is 2.49. The monoisotopic (exact) mass is 275 g/mol. The van der Waals surface area contributed by atoms with Crippen molar-refractivity contribution in [1.82, 2.24) is 0 Å². The van der Waals surface area contributed by atoms with Crippen LogP contribution in [0.1, 0.15) is 25.3 Å². The maximum absolute atomic E-state index is 12.2. The number of nitriles is 1. The Morgan fingerprint density at radius 2 is 1.95 bits per heavy atom. The Kier molecular flexibility index (Phi) is 5.73. The van der Waals surface area contributed by atoms with Gasteiger partial charge in [-0.05, 0) is 18.9 Å². The van der Waals surface area contributed by atoms with E-state index in [2.05, 4.69) is 4.74 Å². The largest absolute Gasteiger partial charge is 0.469 e. The van der Waals surface area contributed by atoms with Crippen LogP contribution in [0.25, 0.3) is 0 Å². The molecule has 0 N–H and O–H groups in total. The molecule has 5 nitrogen and oxygen atoms in total. The number of methoxy groups -OCH3 is 1. The van der Waals surface area contributed by atoms with Crippen LogP contribution in [0.4, 0.5) is 0 Å². The molecule has 0 aromatic heterocycles. The molecule has 5 heteroatoms. The van der Waals surface area contributed by atoms with Crippen LogP contribution in [0, 0.1) is 11.3 Å². The van der Waals surface area contributed by atoms with Crippen LogP contribution in [-0.4, -0.2) is 25.7 Å². The van der Waals surface area contributed by atoms with Gasteiger partial charge in [-0.15, -0.1) is 0 Å². The molecule has 1 rings (SSSR count). The van der Waals surface area contributed by atoms with Gasteiger partial charge in [-0.3, -0.25) is 4.79 Å². The van der Waals surface area contributed by atoms with Gasteiger partial charge in [-0.25, -0.2) is 4.79 Å². The molecule has 1 atom stereocenters. The summed E-state index contributed by atoms with van der Waals surface area (Å²) in [6, 6.07) is 10.6. The van der Waals surface area contributed by atoms with Crippen LogP contribution in [0.15, 0.2) is 30.3 Å². The van der Waals surface area contributed by atoms with Crippen molar-refractivity contribution in [2.75, 3.05) is 13.7 Å². The molecule has 0 aliphatic heterocycles. The van der Waals surface area contributed by atoms with E-state index in [1.165, 1.54) is 7.11 Å². The first-order valence-corrected chi connectivity index (χ1v) is 6.31. The normalized spacial score (nSPS) is 12.8. The second-order valence-electron chi connectivity index (χ2n) is 4.18. The van der Waals surface area contributed by atoms with E-state index in [-0.39, 0.29) is 19.4 Å². The highest BCUT2D eigenvalue weighted by atomic mass is 16.5. The highest BCUT2D eigenvalue weighted by molar-refractivity contribution is 5.87. The first-order chi connectivity index (χ1) is 9.60. The number of hydrogen-bond donors (Lipinski definition) is 0. The molecule has 1 aromatic rings. The summed E-state index contributed by atoms with van der Waals surface area (Å²) in [5.74, 6) is -1.11. The summed E-state index contributed by atoms with van der Waals surface area (Å²) in [7, 11) is 1.27. The van der Waals surface area contributed by atoms with Gasteiger partial charge in [0.05, 0.1) is 19.8 Å². The van der Waals surface area contributed by atoms with Crippen LogP contribution in [0.3, 0.4) is 0 Å². The smallest absolute Gasteiger partial charge is 0.331 e. The van der Waals surface area contributed by atoms with Crippen molar-refractivity contribution in [3.63, 3.8) is 0 Å². The maximum atomic E-state index is 12.2. The lowest BCUT2D eigenvalue weighted by molar-refractivity contribution is -0.148. The Morgan fingerprint density at radius 3 is 2.45 bits per heavy atom. The zero-order chi connectivity index (χ0) is 15.0. The van der Waals surface area contributed by atoms with Crippen molar-refractivity contribution in [2.24, 2.45) is 0 Å². The van der Waals surface area contributed by atoms with Crippen molar-refractivity contribution in [3.05, 3.63) is 35.9 Å². The molecule has 106 valence electrons. The van der Waals surface area contributed by atoms with Crippen LogP contribution in [-0.2, 0) is 24.5 Å². The quantitative estimate of drug-likeness (QED) is 0.742. The zero-order valence-corrected chi connectivity index (χ0v) is 11.6. The number of rotatable bonds is 6. The molecular weight excluding hydrogens is 258 g/mol. The molecule has 0 saturated carbocycles. The van der Waals surface area contributed by atoms with Gasteiger partial charge in [0, 0.05) is 6.42 Å². The van der Waals surface area contributed by atoms with Crippen LogP contribution in [0.5, 0.6) is 0 Å². The lowest BCUT2D eigenvalue weighted by Crippen LogP contribution is -2.37. The summed E-state index contributed by atoms with van der Waals surface area (Å²) >= 11 is 0. The molecule has 0 spiro atoms. The van der Waals surface area contributed by atoms with Gasteiger partial charge in [0.1, 0.15) is 0 Å². The zero-order valence-electron chi connectivity index (χ0n) is 11.6. The van der Waals surface area contributed by atoms with Crippen molar-refractivity contribution in [1.29, 1.82) is 5.26 Å². The van der Waals surface area contributed by atoms with Crippen molar-refractivity contribution in [3.8, 4) is 6.07 Å². The lowest BCUT2D eigenvalue weighted by atomic mass is 9.78. The van der Waals surface area contributed by atoms with Gasteiger partial charge in [0.2, 0.25) is 0 Å². The van der Waals surface area contributed by atoms with E-state index in [0.29, 0.717) is 5.56 Å². The Labute approximate surface area is 118 Å². The van der Waals surface area contributed by atoms with Crippen molar-refractivity contribution >= 4 is 11.9 Å². The van der Waals surface area contributed by atoms with Gasteiger partial charge in [0.15, 0.2) is 5.41 Å². The predicted octanol–water partition coefficient (Wildman–Crippen LogP) is 1.96. The minimum Gasteiger partial charge on any atom is -0.469 e. The first kappa shape index (κ1) is 15.7. The van der Waals surface area contributed by atoms with E-state index in [1.807, 2.05) is 6.07 Å². The molecule has 20 heavy (non-hydrogen) atoms. The third-order valence-corrected chi connectivity index (χ3v) is 3.01. The van der Waals surface area contributed by atoms with Gasteiger partial charge >= 0.3 is 11.9 Å². The SMILES string of the molecule is CCOC(=O)C(C#N)(CCC(=O)OC)c1ccccc1. The first-order valence-electron chi connectivity index (χ1n) is 6.31. The van der Waals surface area contributed by atoms with Crippen LogP contribution < -0.4 is 0 Å². The summed E-state index contributed by atoms with van der Waals surface area (Å²) in [4.78, 5) is 23.5. The summed E-state index contributed by atoms with van der Waals surface area (Å²) in [6.07, 6.45) is -0.00319. The predicted molar refractivity (Wildman–Crippen MR) is 71.6 cm³/mol. The Hall–Kier alpha value is -2.35. The van der Waals surface area contributed by atoms with E-state index in [1.54, 1.807) is 37.3 Å². The van der Waals surface area contributed by atoms with E-state index < -0.39 is 17.4 Å². The third kappa shape index (κ3) is 3.35. The number of benzene rings is 1. The minimum atomic E-state index is -1.48. The number of nitrogens with zero attached hydrogens (tertiary/aromatic N) is 1. The molecule has 0 fully saturated rings. The minimum absolute atomic E-state index is 0.0268. The van der Waals surface area contributed by atoms with Gasteiger partial charge in [-0.2, -0.15) is 5.26 Å². The molecular formula is C15H17NO4. The number of esters is 2. The van der Waals surface area contributed by atoms with Gasteiger partial charge < -0.3 is 9.47 Å². The van der Waals surface area contributed by atoms with Gasteiger partial charge in [-0.1, -0.05) is 30.3 Å². The molecule has 0 aliphatic carbocycles. The van der Waals surface area contributed by atoms with E-state index in [0.717, 1.165) is 0 Å². The second kappa shape index (κ2) is 7.29. The third-order valence-electron chi connectivity index (χ3n) is 3.01. The average molecular weight is 275 g/mol. The Morgan fingerprint density at radius 1 is 1.30 bits per heavy atom. The number of ether oxygens (including phenoxy) is 2. The molecule has 0 saturated heterocycles. The van der Waals surface area contributed by atoms with Crippen molar-refractivity contribution < 1.29 is 19.1 Å². The molecule has 0 amide bonds. The van der Waals surface area contributed by atoms with Crippen molar-refractivity contribution in [2.45, 2.75) is 25.2 Å². The molecule has 0 radical (unpaired) electrons. The number of hydrogen-bond acceptors (Lipinski definition) is 5. The molecule has 0 bridgehead atoms. The highest BCUT2D eigenvalue weighted by Gasteiger charge is 2.42. The van der Waals surface area contributed by atoms with E-state index >= 15 is 0 Å². The molecule has 1 aromatic carbocycles.